The van der Waals surface area contributed by atoms with Crippen LogP contribution in [0.1, 0.15) is 18.4 Å². The second-order valence-corrected chi connectivity index (χ2v) is 6.37. The Kier molecular flexibility index (Phi) is 3.14. The Morgan fingerprint density at radius 2 is 2.18 bits per heavy atom. The zero-order valence-corrected chi connectivity index (χ0v) is 11.0. The summed E-state index contributed by atoms with van der Waals surface area (Å²) in [5.74, 6) is 0.876. The lowest BCUT2D eigenvalue weighted by atomic mass is 9.94. The lowest BCUT2D eigenvalue weighted by molar-refractivity contribution is 0.412. The molecule has 0 bridgehead atoms. The molecule has 5 heteroatoms. The first-order valence-electron chi connectivity index (χ1n) is 5.57. The number of fused-ring (bicyclic) bond motifs is 1. The lowest BCUT2D eigenvalue weighted by Gasteiger charge is -2.18. The monoisotopic (exact) mass is 255 g/mol. The van der Waals surface area contributed by atoms with Gasteiger partial charge in [-0.1, -0.05) is 0 Å². The highest BCUT2D eigenvalue weighted by molar-refractivity contribution is 7.91. The van der Waals surface area contributed by atoms with Gasteiger partial charge in [-0.3, -0.25) is 0 Å². The van der Waals surface area contributed by atoms with Gasteiger partial charge in [0.25, 0.3) is 0 Å². The van der Waals surface area contributed by atoms with Crippen LogP contribution in [0, 0.1) is 0 Å². The minimum atomic E-state index is -3.13. The Balaban J connectivity index is 2.54. The summed E-state index contributed by atoms with van der Waals surface area (Å²) in [6.45, 7) is 1.99. The molecular weight excluding hydrogens is 238 g/mol. The molecule has 1 N–H and O–H groups in total. The molecule has 0 aromatic heterocycles. The molecule has 1 aromatic carbocycles. The first kappa shape index (κ1) is 12.4. The van der Waals surface area contributed by atoms with Crippen LogP contribution >= 0.6 is 0 Å². The van der Waals surface area contributed by atoms with E-state index in [0.29, 0.717) is 10.6 Å². The highest BCUT2D eigenvalue weighted by atomic mass is 32.2. The summed E-state index contributed by atoms with van der Waals surface area (Å²) < 4.78 is 29.2. The Bertz CT molecular complexity index is 525. The Hall–Kier alpha value is -1.07. The number of rotatable bonds is 3. The van der Waals surface area contributed by atoms with Gasteiger partial charge in [0, 0.05) is 12.0 Å². The summed E-state index contributed by atoms with van der Waals surface area (Å²) in [4.78, 5) is 0.449. The molecule has 1 aromatic rings. The fraction of sp³-hybridized carbons (Fsp3) is 0.500. The number of likely N-dealkylation sites (N-methyl/N-ethyl adjacent to an activating group) is 1. The van der Waals surface area contributed by atoms with Crippen LogP contribution in [-0.2, 0) is 9.84 Å². The van der Waals surface area contributed by atoms with Gasteiger partial charge in [0.1, 0.15) is 5.75 Å². The molecule has 0 fully saturated rings. The van der Waals surface area contributed by atoms with Crippen molar-refractivity contribution in [3.63, 3.8) is 0 Å². The minimum Gasteiger partial charge on any atom is -0.497 e. The van der Waals surface area contributed by atoms with E-state index in [1.54, 1.807) is 19.2 Å². The maximum absolute atomic E-state index is 12.0. The van der Waals surface area contributed by atoms with E-state index in [0.717, 1.165) is 5.56 Å². The van der Waals surface area contributed by atoms with Gasteiger partial charge in [0.15, 0.2) is 9.84 Å². The molecule has 2 unspecified atom stereocenters. The van der Waals surface area contributed by atoms with Crippen LogP contribution < -0.4 is 10.1 Å². The van der Waals surface area contributed by atoms with Crippen LogP contribution in [0.25, 0.3) is 0 Å². The fourth-order valence-corrected chi connectivity index (χ4v) is 4.22. The molecule has 1 heterocycles. The topological polar surface area (TPSA) is 55.4 Å². The van der Waals surface area contributed by atoms with Gasteiger partial charge in [0.2, 0.25) is 0 Å². The molecule has 4 nitrogen and oxygen atoms in total. The zero-order valence-electron chi connectivity index (χ0n) is 10.2. The van der Waals surface area contributed by atoms with E-state index in [-0.39, 0.29) is 17.7 Å². The standard InChI is InChI=1S/C12H17NO3S/c1-8(13-2)11-7-17(14,15)12-5-4-9(16-3)6-10(11)12/h4-6,8,11,13H,7H2,1-3H3. The number of hydrogen-bond acceptors (Lipinski definition) is 4. The van der Waals surface area contributed by atoms with Crippen LogP contribution in [0.4, 0.5) is 0 Å². The van der Waals surface area contributed by atoms with Crippen LogP contribution in [0.2, 0.25) is 0 Å². The summed E-state index contributed by atoms with van der Waals surface area (Å²) >= 11 is 0. The molecule has 0 radical (unpaired) electrons. The third-order valence-corrected chi connectivity index (χ3v) is 5.25. The maximum Gasteiger partial charge on any atom is 0.179 e. The number of benzene rings is 1. The predicted octanol–water partition coefficient (Wildman–Crippen LogP) is 1.17. The van der Waals surface area contributed by atoms with Crippen molar-refractivity contribution in [2.75, 3.05) is 19.9 Å². The van der Waals surface area contributed by atoms with Gasteiger partial charge in [-0.15, -0.1) is 0 Å². The van der Waals surface area contributed by atoms with E-state index in [4.69, 9.17) is 4.74 Å². The van der Waals surface area contributed by atoms with Crippen molar-refractivity contribution < 1.29 is 13.2 Å². The smallest absolute Gasteiger partial charge is 0.179 e. The lowest BCUT2D eigenvalue weighted by Crippen LogP contribution is -2.29. The Morgan fingerprint density at radius 3 is 2.76 bits per heavy atom. The maximum atomic E-state index is 12.0. The Labute approximate surface area is 102 Å². The van der Waals surface area contributed by atoms with Crippen molar-refractivity contribution in [3.05, 3.63) is 23.8 Å². The molecule has 1 aliphatic rings. The van der Waals surface area contributed by atoms with E-state index < -0.39 is 9.84 Å². The van der Waals surface area contributed by atoms with E-state index in [9.17, 15) is 8.42 Å². The average molecular weight is 255 g/mol. The van der Waals surface area contributed by atoms with Crippen molar-refractivity contribution in [2.24, 2.45) is 0 Å². The Morgan fingerprint density at radius 1 is 1.47 bits per heavy atom. The first-order valence-corrected chi connectivity index (χ1v) is 7.23. The normalized spacial score (nSPS) is 23.1. The summed E-state index contributed by atoms with van der Waals surface area (Å²) in [7, 11) is 0.297. The van der Waals surface area contributed by atoms with Gasteiger partial charge < -0.3 is 10.1 Å². The summed E-state index contributed by atoms with van der Waals surface area (Å²) in [5.41, 5.74) is 0.867. The van der Waals surface area contributed by atoms with Crippen LogP contribution in [-0.4, -0.2) is 34.4 Å². The second kappa shape index (κ2) is 4.31. The van der Waals surface area contributed by atoms with Gasteiger partial charge in [-0.2, -0.15) is 0 Å². The van der Waals surface area contributed by atoms with E-state index in [1.807, 2.05) is 20.0 Å². The fourth-order valence-electron chi connectivity index (χ4n) is 2.26. The molecule has 0 saturated heterocycles. The van der Waals surface area contributed by atoms with Crippen molar-refractivity contribution in [1.29, 1.82) is 0 Å². The number of sulfone groups is 1. The SMILES string of the molecule is CNC(C)C1CS(=O)(=O)c2ccc(OC)cc21. The van der Waals surface area contributed by atoms with E-state index in [1.165, 1.54) is 0 Å². The number of ether oxygens (including phenoxy) is 1. The molecule has 0 saturated carbocycles. The summed E-state index contributed by atoms with van der Waals surface area (Å²) in [6, 6.07) is 5.30. The molecule has 0 amide bonds. The van der Waals surface area contributed by atoms with Crippen LogP contribution in [0.15, 0.2) is 23.1 Å². The highest BCUT2D eigenvalue weighted by Crippen LogP contribution is 2.38. The molecule has 1 aliphatic heterocycles. The molecule has 0 aliphatic carbocycles. The third-order valence-electron chi connectivity index (χ3n) is 3.41. The number of hydrogen-bond donors (Lipinski definition) is 1. The third kappa shape index (κ3) is 2.05. The van der Waals surface area contributed by atoms with Gasteiger partial charge in [-0.05, 0) is 37.7 Å². The molecule has 2 rings (SSSR count). The highest BCUT2D eigenvalue weighted by Gasteiger charge is 2.37. The van der Waals surface area contributed by atoms with Crippen molar-refractivity contribution >= 4 is 9.84 Å². The average Bonchev–Trinajstić information content (AvgIpc) is 2.60. The number of nitrogens with one attached hydrogen (secondary N) is 1. The van der Waals surface area contributed by atoms with Gasteiger partial charge >= 0.3 is 0 Å². The summed E-state index contributed by atoms with van der Waals surface area (Å²) in [5, 5.41) is 3.12. The molecule has 2 atom stereocenters. The molecule has 17 heavy (non-hydrogen) atoms. The van der Waals surface area contributed by atoms with Crippen molar-refractivity contribution in [3.8, 4) is 5.75 Å². The second-order valence-electron chi connectivity index (χ2n) is 4.37. The number of methoxy groups -OCH3 is 1. The van der Waals surface area contributed by atoms with E-state index in [2.05, 4.69) is 5.32 Å². The van der Waals surface area contributed by atoms with Gasteiger partial charge in [0.05, 0.1) is 17.8 Å². The molecular formula is C12H17NO3S. The van der Waals surface area contributed by atoms with Gasteiger partial charge in [-0.25, -0.2) is 8.42 Å². The quantitative estimate of drug-likeness (QED) is 0.881. The minimum absolute atomic E-state index is 0.00454. The first-order chi connectivity index (χ1) is 7.99. The van der Waals surface area contributed by atoms with Crippen molar-refractivity contribution in [2.45, 2.75) is 23.8 Å². The van der Waals surface area contributed by atoms with E-state index >= 15 is 0 Å². The van der Waals surface area contributed by atoms with Crippen LogP contribution in [0.3, 0.4) is 0 Å². The largest absolute Gasteiger partial charge is 0.497 e. The predicted molar refractivity (Wildman–Crippen MR) is 66.3 cm³/mol. The van der Waals surface area contributed by atoms with Crippen molar-refractivity contribution in [1.82, 2.24) is 5.32 Å². The molecule has 94 valence electrons. The zero-order chi connectivity index (χ0) is 12.6. The molecule has 0 spiro atoms. The summed E-state index contributed by atoms with van der Waals surface area (Å²) in [6.07, 6.45) is 0. The van der Waals surface area contributed by atoms with Crippen LogP contribution in [0.5, 0.6) is 5.75 Å².